The van der Waals surface area contributed by atoms with Gasteiger partial charge < -0.3 is 5.32 Å². The van der Waals surface area contributed by atoms with Crippen LogP contribution in [0.25, 0.3) is 0 Å². The Balaban J connectivity index is 2.02. The van der Waals surface area contributed by atoms with E-state index < -0.39 is 11.4 Å². The smallest absolute Gasteiger partial charge is 0.157 e. The summed E-state index contributed by atoms with van der Waals surface area (Å²) >= 11 is 27.3. The van der Waals surface area contributed by atoms with Crippen molar-refractivity contribution >= 4 is 81.3 Å². The third-order valence-electron chi connectivity index (χ3n) is 4.83. The van der Waals surface area contributed by atoms with Crippen molar-refractivity contribution in [2.24, 2.45) is 0 Å². The normalized spacial score (nSPS) is 10.5. The van der Waals surface area contributed by atoms with Gasteiger partial charge in [0.1, 0.15) is 17.7 Å². The average molecular weight is 591 g/mol. The van der Waals surface area contributed by atoms with E-state index in [4.69, 9.17) is 46.4 Å². The summed E-state index contributed by atoms with van der Waals surface area (Å²) in [5, 5.41) is 24.5. The number of halogens is 5. The quantitative estimate of drug-likeness (QED) is 0.242. The van der Waals surface area contributed by atoms with E-state index in [1.54, 1.807) is 48.5 Å². The van der Waals surface area contributed by atoms with Gasteiger partial charge in [0.05, 0.1) is 31.1 Å². The molecule has 0 heterocycles. The second kappa shape index (κ2) is 11.7. The Labute approximate surface area is 235 Å². The van der Waals surface area contributed by atoms with Gasteiger partial charge in [-0.2, -0.15) is 10.5 Å². The van der Waals surface area contributed by atoms with Crippen LogP contribution in [-0.2, 0) is 0 Å². The summed E-state index contributed by atoms with van der Waals surface area (Å²) in [6, 6.07) is 22.6. The van der Waals surface area contributed by atoms with E-state index in [2.05, 4.69) is 5.32 Å². The Kier molecular flexibility index (Phi) is 8.59. The molecule has 4 aromatic rings. The second-order valence-electron chi connectivity index (χ2n) is 7.17. The molecule has 0 saturated carbocycles. The molecule has 0 fully saturated rings. The number of para-hydroxylation sites is 1. The fourth-order valence-electron chi connectivity index (χ4n) is 3.20. The molecule has 3 nitrogen and oxygen atoms in total. The monoisotopic (exact) mass is 589 g/mol. The molecular weight excluding hydrogens is 579 g/mol. The van der Waals surface area contributed by atoms with Crippen LogP contribution in [0.1, 0.15) is 11.1 Å². The maximum absolute atomic E-state index is 15.9. The van der Waals surface area contributed by atoms with Gasteiger partial charge in [-0.05, 0) is 48.5 Å². The molecular formula is C26H12Cl4FN3S2. The van der Waals surface area contributed by atoms with E-state index in [1.807, 2.05) is 30.3 Å². The van der Waals surface area contributed by atoms with Gasteiger partial charge in [0, 0.05) is 25.5 Å². The Morgan fingerprint density at radius 3 is 1.75 bits per heavy atom. The summed E-state index contributed by atoms with van der Waals surface area (Å²) in [7, 11) is 0. The van der Waals surface area contributed by atoms with Crippen molar-refractivity contribution in [2.75, 3.05) is 5.32 Å². The number of hydrogen-bond donors (Lipinski definition) is 1. The van der Waals surface area contributed by atoms with Gasteiger partial charge in [0.15, 0.2) is 5.82 Å². The lowest BCUT2D eigenvalue weighted by atomic mass is 10.1. The topological polar surface area (TPSA) is 59.6 Å². The zero-order valence-electron chi connectivity index (χ0n) is 18.0. The van der Waals surface area contributed by atoms with Crippen molar-refractivity contribution in [3.05, 3.63) is 104 Å². The molecule has 1 N–H and O–H groups in total. The van der Waals surface area contributed by atoms with E-state index >= 15 is 4.39 Å². The molecule has 10 heteroatoms. The molecule has 0 aliphatic rings. The molecule has 0 amide bonds. The molecule has 0 spiro atoms. The molecule has 0 unspecified atom stereocenters. The van der Waals surface area contributed by atoms with Crippen molar-refractivity contribution in [3.8, 4) is 12.1 Å². The molecule has 4 rings (SSSR count). The van der Waals surface area contributed by atoms with Crippen LogP contribution in [0.5, 0.6) is 0 Å². The zero-order chi connectivity index (χ0) is 25.8. The first kappa shape index (κ1) is 26.5. The summed E-state index contributed by atoms with van der Waals surface area (Å²) in [6.45, 7) is 0. The maximum Gasteiger partial charge on any atom is 0.157 e. The summed E-state index contributed by atoms with van der Waals surface area (Å²) in [4.78, 5) is 1.42. The van der Waals surface area contributed by atoms with Gasteiger partial charge in [-0.15, -0.1) is 0 Å². The van der Waals surface area contributed by atoms with Gasteiger partial charge in [0.2, 0.25) is 0 Å². The number of nitrogens with one attached hydrogen (secondary N) is 1. The number of rotatable bonds is 6. The lowest BCUT2D eigenvalue weighted by Gasteiger charge is -2.20. The van der Waals surface area contributed by atoms with Crippen LogP contribution in [0.4, 0.5) is 15.8 Å². The number of nitriles is 2. The fraction of sp³-hybridized carbons (Fsp3) is 0. The number of nitrogens with zero attached hydrogens (tertiary/aromatic N) is 2. The van der Waals surface area contributed by atoms with Gasteiger partial charge in [-0.3, -0.25) is 0 Å². The van der Waals surface area contributed by atoms with Crippen molar-refractivity contribution in [2.45, 2.75) is 19.6 Å². The molecule has 0 aliphatic carbocycles. The molecule has 0 aromatic heterocycles. The SMILES string of the molecule is N#Cc1c(F)c(Sc2cc(Cl)ccc2Cl)c(Sc2cc(Cl)ccc2Cl)c(Nc2ccccc2)c1C#N. The van der Waals surface area contributed by atoms with Gasteiger partial charge >= 0.3 is 0 Å². The van der Waals surface area contributed by atoms with E-state index in [1.165, 1.54) is 0 Å². The van der Waals surface area contributed by atoms with Crippen LogP contribution in [0, 0.1) is 28.5 Å². The summed E-state index contributed by atoms with van der Waals surface area (Å²) in [5.74, 6) is -0.852. The van der Waals surface area contributed by atoms with Crippen LogP contribution < -0.4 is 5.32 Å². The van der Waals surface area contributed by atoms with Gasteiger partial charge in [-0.1, -0.05) is 88.1 Å². The van der Waals surface area contributed by atoms with E-state index in [0.717, 1.165) is 23.5 Å². The second-order valence-corrected chi connectivity index (χ2v) is 11.0. The third-order valence-corrected chi connectivity index (χ3v) is 8.63. The number of hydrogen-bond acceptors (Lipinski definition) is 5. The molecule has 36 heavy (non-hydrogen) atoms. The molecule has 178 valence electrons. The van der Waals surface area contributed by atoms with Crippen molar-refractivity contribution in [1.82, 2.24) is 0 Å². The Morgan fingerprint density at radius 1 is 0.694 bits per heavy atom. The lowest BCUT2D eigenvalue weighted by molar-refractivity contribution is 0.590. The first-order valence-electron chi connectivity index (χ1n) is 10.1. The Hall–Kier alpha value is -2.55. The van der Waals surface area contributed by atoms with E-state index in [9.17, 15) is 10.5 Å². The highest BCUT2D eigenvalue weighted by atomic mass is 35.5. The van der Waals surface area contributed by atoms with Crippen molar-refractivity contribution in [3.63, 3.8) is 0 Å². The molecule has 0 radical (unpaired) electrons. The van der Waals surface area contributed by atoms with Crippen LogP contribution >= 0.6 is 69.9 Å². The standard InChI is InChI=1S/C26H12Cl4FN3S2/c27-14-6-8-19(29)21(10-14)35-25-23(31)17(12-32)18(13-33)24(34-16-4-2-1-3-5-16)26(25)36-22-11-15(28)7-9-20(22)30/h1-11,34H. The largest absolute Gasteiger partial charge is 0.353 e. The summed E-state index contributed by atoms with van der Waals surface area (Å²) < 4.78 is 15.9. The van der Waals surface area contributed by atoms with Gasteiger partial charge in [-0.25, -0.2) is 4.39 Å². The maximum atomic E-state index is 15.9. The molecule has 0 aliphatic heterocycles. The van der Waals surface area contributed by atoms with E-state index in [0.29, 0.717) is 40.5 Å². The summed E-state index contributed by atoms with van der Waals surface area (Å²) in [5.41, 5.74) is 0.364. The highest BCUT2D eigenvalue weighted by molar-refractivity contribution is 8.02. The van der Waals surface area contributed by atoms with Crippen LogP contribution in [0.2, 0.25) is 20.1 Å². The predicted molar refractivity (Wildman–Crippen MR) is 147 cm³/mol. The molecule has 4 aromatic carbocycles. The third kappa shape index (κ3) is 5.71. The molecule has 0 atom stereocenters. The molecule has 0 bridgehead atoms. The minimum Gasteiger partial charge on any atom is -0.353 e. The van der Waals surface area contributed by atoms with E-state index in [-0.39, 0.29) is 16.1 Å². The van der Waals surface area contributed by atoms with Crippen molar-refractivity contribution in [1.29, 1.82) is 10.5 Å². The molecule has 0 saturated heterocycles. The highest BCUT2D eigenvalue weighted by Gasteiger charge is 2.27. The van der Waals surface area contributed by atoms with Crippen LogP contribution in [-0.4, -0.2) is 0 Å². The lowest BCUT2D eigenvalue weighted by Crippen LogP contribution is -2.04. The minimum absolute atomic E-state index is 0.0780. The number of anilines is 2. The predicted octanol–water partition coefficient (Wildman–Crippen LogP) is 10.2. The first-order valence-corrected chi connectivity index (χ1v) is 13.2. The summed E-state index contributed by atoms with van der Waals surface area (Å²) in [6.07, 6.45) is 0. The van der Waals surface area contributed by atoms with Gasteiger partial charge in [0.25, 0.3) is 0 Å². The Bertz CT molecular complexity index is 1550. The Morgan fingerprint density at radius 2 is 1.22 bits per heavy atom. The average Bonchev–Trinajstić information content (AvgIpc) is 2.87. The van der Waals surface area contributed by atoms with Crippen LogP contribution in [0.15, 0.2) is 86.3 Å². The first-order chi connectivity index (χ1) is 17.3. The van der Waals surface area contributed by atoms with Crippen molar-refractivity contribution < 1.29 is 4.39 Å². The fourth-order valence-corrected chi connectivity index (χ4v) is 6.35. The number of benzene rings is 4. The highest BCUT2D eigenvalue weighted by Crippen LogP contribution is 2.50. The zero-order valence-corrected chi connectivity index (χ0v) is 22.6. The minimum atomic E-state index is -0.852. The van der Waals surface area contributed by atoms with Crippen LogP contribution in [0.3, 0.4) is 0 Å².